The van der Waals surface area contributed by atoms with E-state index in [-0.39, 0.29) is 17.4 Å². The van der Waals surface area contributed by atoms with Crippen LogP contribution in [0.3, 0.4) is 0 Å². The first kappa shape index (κ1) is 18.1. The summed E-state index contributed by atoms with van der Waals surface area (Å²) in [4.78, 5) is 29.2. The lowest BCUT2D eigenvalue weighted by molar-refractivity contribution is 0.187. The molecule has 144 valence electrons. The summed E-state index contributed by atoms with van der Waals surface area (Å²) in [6.07, 6.45) is 0.279. The van der Waals surface area contributed by atoms with E-state index in [2.05, 4.69) is 10.3 Å². The molecule has 2 N–H and O–H groups in total. The van der Waals surface area contributed by atoms with Crippen LogP contribution in [0, 0.1) is 24.5 Å². The second-order valence-electron chi connectivity index (χ2n) is 6.97. The maximum atomic E-state index is 13.9. The van der Waals surface area contributed by atoms with Crippen molar-refractivity contribution in [2.24, 2.45) is 5.92 Å². The molecule has 0 aliphatic heterocycles. The molecule has 1 fully saturated rings. The van der Waals surface area contributed by atoms with Crippen molar-refractivity contribution in [1.82, 2.24) is 14.9 Å². The van der Waals surface area contributed by atoms with E-state index in [9.17, 15) is 23.5 Å². The molecule has 1 heterocycles. The van der Waals surface area contributed by atoms with Crippen molar-refractivity contribution in [2.45, 2.75) is 25.8 Å². The number of carboxylic acid groups (broad SMARTS) is 1. The van der Waals surface area contributed by atoms with Crippen LogP contribution >= 0.6 is 0 Å². The first-order valence-corrected chi connectivity index (χ1v) is 8.83. The van der Waals surface area contributed by atoms with Gasteiger partial charge in [-0.3, -0.25) is 9.36 Å². The van der Waals surface area contributed by atoms with Gasteiger partial charge < -0.3 is 10.4 Å². The van der Waals surface area contributed by atoms with Gasteiger partial charge in [0.2, 0.25) is 0 Å². The summed E-state index contributed by atoms with van der Waals surface area (Å²) >= 11 is 0. The summed E-state index contributed by atoms with van der Waals surface area (Å²) in [6, 6.07) is 7.17. The first-order valence-electron chi connectivity index (χ1n) is 8.83. The zero-order valence-electron chi connectivity index (χ0n) is 14.9. The lowest BCUT2D eigenvalue weighted by atomic mass is 10.1. The summed E-state index contributed by atoms with van der Waals surface area (Å²) < 4.78 is 28.8. The number of fused-ring (bicyclic) bond motifs is 1. The van der Waals surface area contributed by atoms with E-state index in [1.807, 2.05) is 0 Å². The minimum absolute atomic E-state index is 0.0325. The fraction of sp³-hybridized carbons (Fsp3) is 0.250. The molecule has 0 radical (unpaired) electrons. The number of aromatic nitrogens is 2. The number of nitrogens with zero attached hydrogens (tertiary/aromatic N) is 2. The van der Waals surface area contributed by atoms with Crippen molar-refractivity contribution in [3.8, 4) is 5.69 Å². The Hall–Kier alpha value is -3.29. The van der Waals surface area contributed by atoms with Gasteiger partial charge in [0, 0.05) is 6.07 Å². The Balaban J connectivity index is 2.07. The van der Waals surface area contributed by atoms with Gasteiger partial charge in [0.25, 0.3) is 5.56 Å². The van der Waals surface area contributed by atoms with Crippen LogP contribution in [0.1, 0.15) is 30.3 Å². The fourth-order valence-corrected chi connectivity index (χ4v) is 3.50. The van der Waals surface area contributed by atoms with E-state index in [4.69, 9.17) is 0 Å². The quantitative estimate of drug-likeness (QED) is 0.717. The Morgan fingerprint density at radius 3 is 2.54 bits per heavy atom. The van der Waals surface area contributed by atoms with Crippen molar-refractivity contribution in [3.63, 3.8) is 0 Å². The van der Waals surface area contributed by atoms with Crippen LogP contribution in [0.4, 0.5) is 13.6 Å². The highest BCUT2D eigenvalue weighted by Gasteiger charge is 2.37. The van der Waals surface area contributed by atoms with Gasteiger partial charge in [-0.2, -0.15) is 0 Å². The van der Waals surface area contributed by atoms with Crippen LogP contribution in [-0.4, -0.2) is 20.8 Å². The fourth-order valence-electron chi connectivity index (χ4n) is 3.50. The highest BCUT2D eigenvalue weighted by Crippen LogP contribution is 2.41. The highest BCUT2D eigenvalue weighted by atomic mass is 19.1. The molecule has 1 atom stereocenters. The summed E-state index contributed by atoms with van der Waals surface area (Å²) in [6.45, 7) is 1.75. The average Bonchev–Trinajstić information content (AvgIpc) is 3.43. The summed E-state index contributed by atoms with van der Waals surface area (Å²) in [7, 11) is 0. The Kier molecular flexibility index (Phi) is 4.33. The molecule has 1 unspecified atom stereocenters. The number of hydrogen-bond acceptors (Lipinski definition) is 3. The van der Waals surface area contributed by atoms with Crippen LogP contribution in [0.15, 0.2) is 41.2 Å². The second-order valence-corrected chi connectivity index (χ2v) is 6.97. The van der Waals surface area contributed by atoms with Crippen molar-refractivity contribution in [3.05, 3.63) is 69.8 Å². The van der Waals surface area contributed by atoms with E-state index >= 15 is 0 Å². The van der Waals surface area contributed by atoms with Gasteiger partial charge in [-0.25, -0.2) is 18.6 Å². The van der Waals surface area contributed by atoms with Gasteiger partial charge in [-0.1, -0.05) is 12.1 Å². The monoisotopic (exact) mass is 385 g/mol. The number of aryl methyl sites for hydroxylation is 1. The summed E-state index contributed by atoms with van der Waals surface area (Å²) in [5.74, 6) is -1.59. The molecule has 6 nitrogen and oxygen atoms in total. The van der Waals surface area contributed by atoms with Crippen LogP contribution in [-0.2, 0) is 0 Å². The number of amides is 1. The molecule has 3 aromatic rings. The van der Waals surface area contributed by atoms with Crippen LogP contribution in [0.25, 0.3) is 16.6 Å². The topological polar surface area (TPSA) is 84.2 Å². The third kappa shape index (κ3) is 3.21. The molecular formula is C20H17F2N3O3. The molecular weight excluding hydrogens is 368 g/mol. The average molecular weight is 385 g/mol. The molecule has 1 aliphatic carbocycles. The Morgan fingerprint density at radius 2 is 1.93 bits per heavy atom. The summed E-state index contributed by atoms with van der Waals surface area (Å²) in [5, 5.41) is 12.0. The zero-order valence-corrected chi connectivity index (χ0v) is 14.9. The van der Waals surface area contributed by atoms with Gasteiger partial charge in [0.15, 0.2) is 0 Å². The molecule has 0 bridgehead atoms. The highest BCUT2D eigenvalue weighted by molar-refractivity contribution is 5.81. The molecule has 0 spiro atoms. The SMILES string of the molecule is Cc1cccc2nc(C(NC(=O)O)C3CC3)n(-c3cc(F)cc(F)c3)c(=O)c12. The van der Waals surface area contributed by atoms with Crippen molar-refractivity contribution in [2.75, 3.05) is 0 Å². The Labute approximate surface area is 158 Å². The van der Waals surface area contributed by atoms with Crippen LogP contribution in [0.5, 0.6) is 0 Å². The van der Waals surface area contributed by atoms with E-state index in [0.29, 0.717) is 22.5 Å². The van der Waals surface area contributed by atoms with Crippen LogP contribution < -0.4 is 10.9 Å². The Morgan fingerprint density at radius 1 is 1.25 bits per heavy atom. The third-order valence-electron chi connectivity index (χ3n) is 4.89. The van der Waals surface area contributed by atoms with Crippen molar-refractivity contribution >= 4 is 17.0 Å². The van der Waals surface area contributed by atoms with Crippen LogP contribution in [0.2, 0.25) is 0 Å². The van der Waals surface area contributed by atoms with E-state index in [1.165, 1.54) is 0 Å². The number of carbonyl (C=O) groups is 1. The molecule has 1 amide bonds. The number of halogens is 2. The molecule has 1 aliphatic rings. The minimum Gasteiger partial charge on any atom is -0.465 e. The lowest BCUT2D eigenvalue weighted by Crippen LogP contribution is -2.35. The van der Waals surface area contributed by atoms with Gasteiger partial charge in [-0.15, -0.1) is 0 Å². The molecule has 1 saturated carbocycles. The predicted octanol–water partition coefficient (Wildman–Crippen LogP) is 3.69. The van der Waals surface area contributed by atoms with E-state index < -0.39 is 29.3 Å². The molecule has 0 saturated heterocycles. The zero-order chi connectivity index (χ0) is 20.0. The lowest BCUT2D eigenvalue weighted by Gasteiger charge is -2.22. The first-order chi connectivity index (χ1) is 13.3. The smallest absolute Gasteiger partial charge is 0.405 e. The molecule has 1 aromatic heterocycles. The van der Waals surface area contributed by atoms with E-state index in [1.54, 1.807) is 25.1 Å². The molecule has 28 heavy (non-hydrogen) atoms. The maximum Gasteiger partial charge on any atom is 0.405 e. The normalized spacial score (nSPS) is 14.8. The number of rotatable bonds is 4. The standard InChI is InChI=1S/C20H17F2N3O3/c1-10-3-2-4-15-16(10)19(26)25(14-8-12(21)7-13(22)9-14)18(23-15)17(11-5-6-11)24-20(27)28/h2-4,7-9,11,17,24H,5-6H2,1H3,(H,27,28). The van der Waals surface area contributed by atoms with Gasteiger partial charge in [0.05, 0.1) is 22.6 Å². The number of hydrogen-bond donors (Lipinski definition) is 2. The molecule has 4 rings (SSSR count). The van der Waals surface area contributed by atoms with Crippen molar-refractivity contribution < 1.29 is 18.7 Å². The Bertz CT molecular complexity index is 1140. The maximum absolute atomic E-state index is 13.9. The minimum atomic E-state index is -1.26. The molecule has 2 aromatic carbocycles. The number of nitrogens with one attached hydrogen (secondary N) is 1. The number of benzene rings is 2. The van der Waals surface area contributed by atoms with Crippen molar-refractivity contribution in [1.29, 1.82) is 0 Å². The van der Waals surface area contributed by atoms with Gasteiger partial charge in [0.1, 0.15) is 17.5 Å². The van der Waals surface area contributed by atoms with Gasteiger partial charge in [-0.05, 0) is 49.4 Å². The summed E-state index contributed by atoms with van der Waals surface area (Å²) in [5.41, 5.74) is 0.543. The largest absolute Gasteiger partial charge is 0.465 e. The van der Waals surface area contributed by atoms with E-state index in [0.717, 1.165) is 29.5 Å². The third-order valence-corrected chi connectivity index (χ3v) is 4.89. The second kappa shape index (κ2) is 6.70. The van der Waals surface area contributed by atoms with Gasteiger partial charge >= 0.3 is 6.09 Å². The predicted molar refractivity (Wildman–Crippen MR) is 98.6 cm³/mol. The molecule has 8 heteroatoms.